The van der Waals surface area contributed by atoms with Gasteiger partial charge in [0, 0.05) is 6.54 Å². The highest BCUT2D eigenvalue weighted by Crippen LogP contribution is 2.27. The number of carbonyl (C=O) groups is 1. The van der Waals surface area contributed by atoms with E-state index in [1.807, 2.05) is 0 Å². The second-order valence-corrected chi connectivity index (χ2v) is 5.06. The number of hydrogen-bond donors (Lipinski definition) is 3. The van der Waals surface area contributed by atoms with Crippen molar-refractivity contribution in [2.75, 3.05) is 17.6 Å². The van der Waals surface area contributed by atoms with E-state index in [1.165, 1.54) is 12.1 Å². The third-order valence-electron chi connectivity index (χ3n) is 3.12. The van der Waals surface area contributed by atoms with Gasteiger partial charge in [-0.1, -0.05) is 20.8 Å². The van der Waals surface area contributed by atoms with Gasteiger partial charge in [0.15, 0.2) is 0 Å². The van der Waals surface area contributed by atoms with Gasteiger partial charge in [-0.2, -0.15) is 0 Å². The van der Waals surface area contributed by atoms with Gasteiger partial charge >= 0.3 is 5.97 Å². The molecule has 0 unspecified atom stereocenters. The van der Waals surface area contributed by atoms with Crippen LogP contribution >= 0.6 is 0 Å². The van der Waals surface area contributed by atoms with Crippen molar-refractivity contribution >= 4 is 17.3 Å². The molecule has 0 heterocycles. The molecule has 1 aromatic carbocycles. The van der Waals surface area contributed by atoms with Crippen LogP contribution in [0.25, 0.3) is 0 Å². The summed E-state index contributed by atoms with van der Waals surface area (Å²) in [5.41, 5.74) is 5.30. The molecule has 0 saturated heterocycles. The van der Waals surface area contributed by atoms with Gasteiger partial charge in [-0.15, -0.1) is 0 Å². The number of carboxylic acids is 1. The summed E-state index contributed by atoms with van der Waals surface area (Å²) >= 11 is 0. The van der Waals surface area contributed by atoms with Gasteiger partial charge in [0.05, 0.1) is 11.4 Å². The van der Waals surface area contributed by atoms with Crippen LogP contribution in [0.2, 0.25) is 0 Å². The van der Waals surface area contributed by atoms with E-state index >= 15 is 0 Å². The van der Waals surface area contributed by atoms with Gasteiger partial charge in [0.2, 0.25) is 0 Å². The number of carboxylic acid groups (broad SMARTS) is 1. The molecular formula is C13H19FN2O2. The predicted octanol–water partition coefficient (Wildman–Crippen LogP) is 2.95. The second kappa shape index (κ2) is 5.25. The zero-order valence-electron chi connectivity index (χ0n) is 10.9. The van der Waals surface area contributed by atoms with E-state index in [0.29, 0.717) is 12.2 Å². The third kappa shape index (κ3) is 3.12. The van der Waals surface area contributed by atoms with E-state index in [9.17, 15) is 9.18 Å². The van der Waals surface area contributed by atoms with Crippen LogP contribution in [0.1, 0.15) is 37.6 Å². The molecule has 0 bridgehead atoms. The van der Waals surface area contributed by atoms with E-state index in [1.54, 1.807) is 0 Å². The Morgan fingerprint density at radius 2 is 2.11 bits per heavy atom. The van der Waals surface area contributed by atoms with Gasteiger partial charge in [0.25, 0.3) is 0 Å². The molecule has 0 fully saturated rings. The molecule has 0 amide bonds. The molecule has 1 rings (SSSR count). The van der Waals surface area contributed by atoms with Crippen molar-refractivity contribution in [2.24, 2.45) is 5.41 Å². The van der Waals surface area contributed by atoms with E-state index in [4.69, 9.17) is 10.8 Å². The first-order valence-electron chi connectivity index (χ1n) is 5.83. The monoisotopic (exact) mass is 254 g/mol. The zero-order valence-corrected chi connectivity index (χ0v) is 10.9. The number of halogens is 1. The van der Waals surface area contributed by atoms with Crippen LogP contribution in [0, 0.1) is 11.2 Å². The number of nitrogen functional groups attached to an aromatic ring is 1. The van der Waals surface area contributed by atoms with E-state index in [0.717, 1.165) is 6.42 Å². The number of hydrogen-bond acceptors (Lipinski definition) is 3. The third-order valence-corrected chi connectivity index (χ3v) is 3.12. The molecule has 0 aliphatic heterocycles. The Morgan fingerprint density at radius 1 is 1.50 bits per heavy atom. The Balaban J connectivity index is 3.03. The maximum Gasteiger partial charge on any atom is 0.340 e. The molecule has 4 N–H and O–H groups in total. The highest BCUT2D eigenvalue weighted by atomic mass is 19.1. The summed E-state index contributed by atoms with van der Waals surface area (Å²) in [7, 11) is 0. The lowest BCUT2D eigenvalue weighted by molar-refractivity contribution is 0.0698. The summed E-state index contributed by atoms with van der Waals surface area (Å²) in [4.78, 5) is 11.1. The Morgan fingerprint density at radius 3 is 2.61 bits per heavy atom. The van der Waals surface area contributed by atoms with E-state index in [2.05, 4.69) is 26.1 Å². The van der Waals surface area contributed by atoms with Gasteiger partial charge in [-0.05, 0) is 24.0 Å². The lowest BCUT2D eigenvalue weighted by Gasteiger charge is -2.24. The minimum atomic E-state index is -1.23. The zero-order chi connectivity index (χ0) is 13.9. The summed E-state index contributed by atoms with van der Waals surface area (Å²) < 4.78 is 13.2. The van der Waals surface area contributed by atoms with Crippen LogP contribution in [0.4, 0.5) is 15.8 Å². The molecule has 0 aliphatic rings. The van der Waals surface area contributed by atoms with Crippen LogP contribution in [-0.4, -0.2) is 17.6 Å². The van der Waals surface area contributed by atoms with Crippen LogP contribution in [-0.2, 0) is 0 Å². The predicted molar refractivity (Wildman–Crippen MR) is 70.3 cm³/mol. The summed E-state index contributed by atoms with van der Waals surface area (Å²) in [6.07, 6.45) is 0.944. The Kier molecular flexibility index (Phi) is 4.16. The Labute approximate surface area is 106 Å². The quantitative estimate of drug-likeness (QED) is 0.706. The lowest BCUT2D eigenvalue weighted by atomic mass is 9.90. The summed E-state index contributed by atoms with van der Waals surface area (Å²) in [5.74, 6) is -1.95. The lowest BCUT2D eigenvalue weighted by Crippen LogP contribution is -2.23. The number of benzene rings is 1. The topological polar surface area (TPSA) is 75.3 Å². The normalized spacial score (nSPS) is 11.3. The molecule has 18 heavy (non-hydrogen) atoms. The summed E-state index contributed by atoms with van der Waals surface area (Å²) in [5, 5.41) is 12.1. The van der Waals surface area contributed by atoms with Crippen LogP contribution < -0.4 is 11.1 Å². The van der Waals surface area contributed by atoms with Crippen LogP contribution in [0.5, 0.6) is 0 Å². The van der Waals surface area contributed by atoms with Gasteiger partial charge in [-0.25, -0.2) is 9.18 Å². The number of aromatic carboxylic acids is 1. The smallest absolute Gasteiger partial charge is 0.340 e. The van der Waals surface area contributed by atoms with Gasteiger partial charge in [0.1, 0.15) is 11.4 Å². The number of nitrogens with one attached hydrogen (secondary N) is 1. The second-order valence-electron chi connectivity index (χ2n) is 5.06. The number of anilines is 2. The highest BCUT2D eigenvalue weighted by molar-refractivity contribution is 6.00. The first-order valence-corrected chi connectivity index (χ1v) is 5.83. The molecule has 0 aliphatic carbocycles. The van der Waals surface area contributed by atoms with Crippen molar-refractivity contribution in [2.45, 2.75) is 27.2 Å². The van der Waals surface area contributed by atoms with Crippen molar-refractivity contribution in [3.63, 3.8) is 0 Å². The van der Waals surface area contributed by atoms with Crippen molar-refractivity contribution < 1.29 is 14.3 Å². The van der Waals surface area contributed by atoms with Crippen LogP contribution in [0.3, 0.4) is 0 Å². The van der Waals surface area contributed by atoms with Crippen molar-refractivity contribution in [3.8, 4) is 0 Å². The highest BCUT2D eigenvalue weighted by Gasteiger charge is 2.20. The standard InChI is InChI=1S/C13H19FN2O2/c1-4-13(2,3)7-16-9-6-5-8(14)11(15)10(9)12(17)18/h5-6,16H,4,7,15H2,1-3H3,(H,17,18). The van der Waals surface area contributed by atoms with Crippen molar-refractivity contribution in [3.05, 3.63) is 23.5 Å². The molecule has 1 aromatic rings. The van der Waals surface area contributed by atoms with Crippen LogP contribution in [0.15, 0.2) is 12.1 Å². The Bertz CT molecular complexity index is 459. The first-order chi connectivity index (χ1) is 8.28. The first kappa shape index (κ1) is 14.3. The van der Waals surface area contributed by atoms with E-state index in [-0.39, 0.29) is 16.7 Å². The summed E-state index contributed by atoms with van der Waals surface area (Å²) in [6, 6.07) is 2.57. The fourth-order valence-corrected chi connectivity index (χ4v) is 1.43. The largest absolute Gasteiger partial charge is 0.478 e. The van der Waals surface area contributed by atoms with Crippen molar-refractivity contribution in [1.82, 2.24) is 0 Å². The van der Waals surface area contributed by atoms with E-state index < -0.39 is 11.8 Å². The van der Waals surface area contributed by atoms with Gasteiger partial charge in [-0.3, -0.25) is 0 Å². The molecule has 0 aromatic heterocycles. The van der Waals surface area contributed by atoms with Gasteiger partial charge < -0.3 is 16.2 Å². The fourth-order valence-electron chi connectivity index (χ4n) is 1.43. The minimum Gasteiger partial charge on any atom is -0.478 e. The molecule has 0 atom stereocenters. The molecule has 0 spiro atoms. The molecular weight excluding hydrogens is 235 g/mol. The average Bonchev–Trinajstić information content (AvgIpc) is 2.30. The number of rotatable bonds is 5. The molecule has 4 nitrogen and oxygen atoms in total. The molecule has 100 valence electrons. The maximum absolute atomic E-state index is 13.2. The number of nitrogens with two attached hydrogens (primary N) is 1. The van der Waals surface area contributed by atoms with Crippen molar-refractivity contribution in [1.29, 1.82) is 0 Å². The minimum absolute atomic E-state index is 0.0267. The Hall–Kier alpha value is -1.78. The average molecular weight is 254 g/mol. The molecule has 5 heteroatoms. The SMILES string of the molecule is CCC(C)(C)CNc1ccc(F)c(N)c1C(=O)O. The fraction of sp³-hybridized carbons (Fsp3) is 0.462. The molecule has 0 saturated carbocycles. The maximum atomic E-state index is 13.2. The molecule has 0 radical (unpaired) electrons. The summed E-state index contributed by atoms with van der Waals surface area (Å²) in [6.45, 7) is 6.77.